The molecule has 296 valence electrons. The van der Waals surface area contributed by atoms with Gasteiger partial charge in [-0.3, -0.25) is 0 Å². The highest BCUT2D eigenvalue weighted by molar-refractivity contribution is 6.24. The second-order valence-electron chi connectivity index (χ2n) is 17.3. The Labute approximate surface area is 366 Å². The largest absolute Gasteiger partial charge is 0.456 e. The first-order valence-electron chi connectivity index (χ1n) is 22.0. The molecular formula is C60H35N3O. The molecule has 0 aliphatic heterocycles. The molecule has 64 heavy (non-hydrogen) atoms. The Balaban J connectivity index is 0.925. The zero-order chi connectivity index (χ0) is 41.6. The molecule has 0 bridgehead atoms. The molecule has 5 aromatic heterocycles. The van der Waals surface area contributed by atoms with Gasteiger partial charge in [0, 0.05) is 65.2 Å². The molecule has 0 N–H and O–H groups in total. The highest BCUT2D eigenvalue weighted by Crippen LogP contribution is 2.44. The monoisotopic (exact) mass is 813 g/mol. The van der Waals surface area contributed by atoms with Gasteiger partial charge < -0.3 is 18.0 Å². The van der Waals surface area contributed by atoms with E-state index in [1.54, 1.807) is 0 Å². The fourth-order valence-corrected chi connectivity index (χ4v) is 11.1. The summed E-state index contributed by atoms with van der Waals surface area (Å²) >= 11 is 0. The normalized spacial score (nSPS) is 12.4. The second-order valence-corrected chi connectivity index (χ2v) is 17.3. The predicted molar refractivity (Wildman–Crippen MR) is 268 cm³/mol. The molecule has 5 heterocycles. The molecule has 15 rings (SSSR count). The van der Waals surface area contributed by atoms with Crippen molar-refractivity contribution in [2.24, 2.45) is 0 Å². The number of hydrogen-bond acceptors (Lipinski definition) is 1. The summed E-state index contributed by atoms with van der Waals surface area (Å²) in [5, 5.41) is 12.3. The Morgan fingerprint density at radius 2 is 0.672 bits per heavy atom. The molecule has 4 heteroatoms. The van der Waals surface area contributed by atoms with Crippen LogP contribution in [0.4, 0.5) is 0 Å². The first kappa shape index (κ1) is 34.0. The average molecular weight is 814 g/mol. The first-order chi connectivity index (χ1) is 31.7. The van der Waals surface area contributed by atoms with Crippen LogP contribution in [-0.4, -0.2) is 13.5 Å². The molecule has 0 atom stereocenters. The molecule has 15 aromatic rings. The molecule has 0 aliphatic carbocycles. The van der Waals surface area contributed by atoms with Gasteiger partial charge in [-0.15, -0.1) is 0 Å². The van der Waals surface area contributed by atoms with E-state index in [2.05, 4.69) is 214 Å². The minimum absolute atomic E-state index is 0.905. The zero-order valence-electron chi connectivity index (χ0n) is 34.5. The van der Waals surface area contributed by atoms with Gasteiger partial charge in [0.2, 0.25) is 0 Å². The van der Waals surface area contributed by atoms with Crippen LogP contribution in [0.1, 0.15) is 0 Å². The molecular weight excluding hydrogens is 779 g/mol. The molecule has 0 unspecified atom stereocenters. The standard InChI is InChI=1S/C60H35N3O/c1-2-12-40(13-3-1)61-56-28-24-37(31-48(56)49-32-38(25-29-57(49)61)39-22-26-46-45-17-7-11-21-58(45)64-59(46)33-39)36-23-27-55-47(30-36)42-14-4-8-18-52(42)62(55)41-34-50-43-15-5-9-19-53(43)63-54-20-10-6-16-44(54)51(35-41)60(50)63/h1-35H. The smallest absolute Gasteiger partial charge is 0.136 e. The Morgan fingerprint density at radius 1 is 0.250 bits per heavy atom. The summed E-state index contributed by atoms with van der Waals surface area (Å²) < 4.78 is 13.7. The lowest BCUT2D eigenvalue weighted by molar-refractivity contribution is 0.669. The van der Waals surface area contributed by atoms with Gasteiger partial charge in [-0.25, -0.2) is 0 Å². The summed E-state index contributed by atoms with van der Waals surface area (Å²) in [6, 6.07) is 77.9. The van der Waals surface area contributed by atoms with Crippen molar-refractivity contribution in [1.82, 2.24) is 13.5 Å². The molecule has 0 amide bonds. The van der Waals surface area contributed by atoms with Gasteiger partial charge in [0.05, 0.1) is 38.6 Å². The number of furan rings is 1. The predicted octanol–water partition coefficient (Wildman–Crippen LogP) is 16.3. The quantitative estimate of drug-likeness (QED) is 0.174. The summed E-state index contributed by atoms with van der Waals surface area (Å²) in [7, 11) is 0. The molecule has 0 aliphatic rings. The summed E-state index contributed by atoms with van der Waals surface area (Å²) in [6.07, 6.45) is 0. The fourth-order valence-electron chi connectivity index (χ4n) is 11.1. The van der Waals surface area contributed by atoms with Crippen LogP contribution in [0.2, 0.25) is 0 Å². The van der Waals surface area contributed by atoms with Gasteiger partial charge in [0.1, 0.15) is 11.2 Å². The lowest BCUT2D eigenvalue weighted by Crippen LogP contribution is -1.94. The van der Waals surface area contributed by atoms with Crippen molar-refractivity contribution < 1.29 is 4.42 Å². The maximum atomic E-state index is 6.33. The minimum Gasteiger partial charge on any atom is -0.456 e. The first-order valence-corrected chi connectivity index (χ1v) is 22.0. The number of hydrogen-bond donors (Lipinski definition) is 0. The Hall–Kier alpha value is -8.60. The van der Waals surface area contributed by atoms with Crippen LogP contribution in [0, 0.1) is 0 Å². The van der Waals surface area contributed by atoms with Crippen LogP contribution in [0.3, 0.4) is 0 Å². The number of para-hydroxylation sites is 5. The molecule has 4 nitrogen and oxygen atoms in total. The number of aromatic nitrogens is 3. The molecule has 10 aromatic carbocycles. The summed E-state index contributed by atoms with van der Waals surface area (Å²) in [4.78, 5) is 0. The summed E-state index contributed by atoms with van der Waals surface area (Å²) in [5.41, 5.74) is 17.3. The molecule has 0 saturated carbocycles. The third kappa shape index (κ3) is 4.56. The Bertz CT molecular complexity index is 4340. The fraction of sp³-hybridized carbons (Fsp3) is 0. The van der Waals surface area contributed by atoms with Crippen molar-refractivity contribution in [3.63, 3.8) is 0 Å². The van der Waals surface area contributed by atoms with Crippen LogP contribution in [0.15, 0.2) is 217 Å². The van der Waals surface area contributed by atoms with Gasteiger partial charge in [-0.05, 0) is 119 Å². The van der Waals surface area contributed by atoms with Crippen molar-refractivity contribution in [3.05, 3.63) is 212 Å². The molecule has 0 spiro atoms. The third-order valence-electron chi connectivity index (χ3n) is 13.9. The minimum atomic E-state index is 0.905. The van der Waals surface area contributed by atoms with Gasteiger partial charge in [0.15, 0.2) is 0 Å². The Morgan fingerprint density at radius 3 is 1.28 bits per heavy atom. The van der Waals surface area contributed by atoms with E-state index < -0.39 is 0 Å². The lowest BCUT2D eigenvalue weighted by atomic mass is 9.99. The van der Waals surface area contributed by atoms with E-state index in [0.717, 1.165) is 38.8 Å². The Kier molecular flexibility index (Phi) is 6.65. The number of benzene rings is 10. The number of nitrogens with zero attached hydrogens (tertiary/aromatic N) is 3. The van der Waals surface area contributed by atoms with Crippen LogP contribution < -0.4 is 0 Å². The van der Waals surface area contributed by atoms with Gasteiger partial charge >= 0.3 is 0 Å². The van der Waals surface area contributed by atoms with E-state index in [4.69, 9.17) is 4.42 Å². The van der Waals surface area contributed by atoms with E-state index in [1.807, 2.05) is 12.1 Å². The van der Waals surface area contributed by atoms with E-state index in [-0.39, 0.29) is 0 Å². The highest BCUT2D eigenvalue weighted by Gasteiger charge is 2.21. The average Bonchev–Trinajstić information content (AvgIpc) is 4.15. The van der Waals surface area contributed by atoms with Crippen LogP contribution >= 0.6 is 0 Å². The van der Waals surface area contributed by atoms with Crippen LogP contribution in [0.25, 0.3) is 137 Å². The summed E-state index contributed by atoms with van der Waals surface area (Å²) in [5.74, 6) is 0. The van der Waals surface area contributed by atoms with E-state index in [9.17, 15) is 0 Å². The van der Waals surface area contributed by atoms with E-state index >= 15 is 0 Å². The van der Waals surface area contributed by atoms with E-state index in [1.165, 1.54) is 98.5 Å². The van der Waals surface area contributed by atoms with Gasteiger partial charge in [-0.2, -0.15) is 0 Å². The van der Waals surface area contributed by atoms with Crippen molar-refractivity contribution >= 4 is 104 Å². The molecule has 0 radical (unpaired) electrons. The lowest BCUT2D eigenvalue weighted by Gasteiger charge is -2.10. The van der Waals surface area contributed by atoms with Gasteiger partial charge in [0.25, 0.3) is 0 Å². The molecule has 0 fully saturated rings. The number of fused-ring (bicyclic) bond motifs is 15. The SMILES string of the molecule is c1ccc(-n2c3ccc(-c4ccc5c(c4)oc4ccccc45)cc3c3cc(-c4ccc5c(c4)c4ccccc4n5-c4cc5c6ccccc6n6c7ccccc7c(c4)c56)ccc32)cc1. The number of rotatable bonds is 4. The van der Waals surface area contributed by atoms with Crippen LogP contribution in [-0.2, 0) is 0 Å². The zero-order valence-corrected chi connectivity index (χ0v) is 34.5. The van der Waals surface area contributed by atoms with Crippen LogP contribution in [0.5, 0.6) is 0 Å². The molecule has 0 saturated heterocycles. The van der Waals surface area contributed by atoms with Gasteiger partial charge in [-0.1, -0.05) is 115 Å². The maximum Gasteiger partial charge on any atom is 0.136 e. The van der Waals surface area contributed by atoms with Crippen molar-refractivity contribution in [2.45, 2.75) is 0 Å². The maximum absolute atomic E-state index is 6.33. The second kappa shape index (κ2) is 12.5. The van der Waals surface area contributed by atoms with Crippen molar-refractivity contribution in [2.75, 3.05) is 0 Å². The van der Waals surface area contributed by atoms with E-state index in [0.29, 0.717) is 0 Å². The third-order valence-corrected chi connectivity index (χ3v) is 13.9. The topological polar surface area (TPSA) is 27.4 Å². The van der Waals surface area contributed by atoms with Crippen molar-refractivity contribution in [1.29, 1.82) is 0 Å². The van der Waals surface area contributed by atoms with Crippen molar-refractivity contribution in [3.8, 4) is 33.6 Å². The summed E-state index contributed by atoms with van der Waals surface area (Å²) in [6.45, 7) is 0. The highest BCUT2D eigenvalue weighted by atomic mass is 16.3.